The van der Waals surface area contributed by atoms with Crippen LogP contribution in [0, 0.1) is 18.8 Å². The fourth-order valence-corrected chi connectivity index (χ4v) is 4.79. The lowest BCUT2D eigenvalue weighted by atomic mass is 9.93. The Balaban J connectivity index is 2.39. The largest absolute Gasteiger partial charge is 0.497 e. The van der Waals surface area contributed by atoms with E-state index >= 15 is 0 Å². The molecule has 0 aliphatic carbocycles. The number of amides is 1. The van der Waals surface area contributed by atoms with Crippen molar-refractivity contribution in [2.24, 2.45) is 11.8 Å². The molecule has 0 aromatic heterocycles. The molecule has 0 saturated heterocycles. The van der Waals surface area contributed by atoms with Gasteiger partial charge in [0.15, 0.2) is 0 Å². The van der Waals surface area contributed by atoms with Crippen LogP contribution in [-0.2, 0) is 14.8 Å². The summed E-state index contributed by atoms with van der Waals surface area (Å²) in [5, 5.41) is 3.00. The normalized spacial score (nSPS) is 11.8. The van der Waals surface area contributed by atoms with Crippen molar-refractivity contribution in [2.75, 3.05) is 18.0 Å². The van der Waals surface area contributed by atoms with Crippen LogP contribution in [0.15, 0.2) is 53.4 Å². The topological polar surface area (TPSA) is 75.7 Å². The van der Waals surface area contributed by atoms with Gasteiger partial charge in [0.2, 0.25) is 5.91 Å². The van der Waals surface area contributed by atoms with Crippen LogP contribution in [0.4, 0.5) is 5.69 Å². The number of nitrogens with one attached hydrogen (secondary N) is 1. The van der Waals surface area contributed by atoms with Crippen LogP contribution in [0.25, 0.3) is 0 Å². The molecule has 0 radical (unpaired) electrons. The highest BCUT2D eigenvalue weighted by Gasteiger charge is 2.29. The van der Waals surface area contributed by atoms with Gasteiger partial charge >= 0.3 is 0 Å². The lowest BCUT2D eigenvalue weighted by Crippen LogP contribution is -2.47. The maximum atomic E-state index is 13.4. The van der Waals surface area contributed by atoms with E-state index in [0.717, 1.165) is 9.87 Å². The number of rotatable bonds is 9. The number of aryl methyl sites for hydroxylation is 1. The summed E-state index contributed by atoms with van der Waals surface area (Å²) >= 11 is 0. The van der Waals surface area contributed by atoms with Gasteiger partial charge in [-0.25, -0.2) is 8.42 Å². The molecule has 0 aliphatic heterocycles. The minimum Gasteiger partial charge on any atom is -0.497 e. The molecule has 0 spiro atoms. The Kier molecular flexibility index (Phi) is 7.89. The molecule has 2 aromatic carbocycles. The summed E-state index contributed by atoms with van der Waals surface area (Å²) in [4.78, 5) is 13.0. The van der Waals surface area contributed by atoms with Crippen molar-refractivity contribution < 1.29 is 17.9 Å². The summed E-state index contributed by atoms with van der Waals surface area (Å²) in [5.41, 5.74) is 1.45. The van der Waals surface area contributed by atoms with E-state index in [1.165, 1.54) is 19.2 Å². The average molecular weight is 433 g/mol. The lowest BCUT2D eigenvalue weighted by molar-refractivity contribution is -0.121. The number of carbonyl (C=O) groups is 1. The molecule has 6 nitrogen and oxygen atoms in total. The second-order valence-electron chi connectivity index (χ2n) is 8.10. The number of methoxy groups -OCH3 is 1. The molecule has 0 heterocycles. The SMILES string of the molecule is COc1ccc(S(=O)(=O)N(CC(=O)NC(C(C)C)C(C)C)c2ccc(C)cc2)cc1. The maximum absolute atomic E-state index is 13.4. The minimum absolute atomic E-state index is 0.0407. The van der Waals surface area contributed by atoms with Crippen molar-refractivity contribution in [1.29, 1.82) is 0 Å². The summed E-state index contributed by atoms with van der Waals surface area (Å²) in [5.74, 6) is 0.699. The van der Waals surface area contributed by atoms with E-state index in [1.807, 2.05) is 46.8 Å². The molecule has 0 saturated carbocycles. The summed E-state index contributed by atoms with van der Waals surface area (Å²) in [7, 11) is -2.43. The van der Waals surface area contributed by atoms with Crippen molar-refractivity contribution in [3.8, 4) is 5.75 Å². The molecule has 30 heavy (non-hydrogen) atoms. The Labute approximate surface area is 180 Å². The van der Waals surface area contributed by atoms with Gasteiger partial charge in [-0.05, 0) is 55.2 Å². The lowest BCUT2D eigenvalue weighted by Gasteiger charge is -2.29. The van der Waals surface area contributed by atoms with Gasteiger partial charge in [-0.15, -0.1) is 0 Å². The summed E-state index contributed by atoms with van der Waals surface area (Å²) in [6, 6.07) is 13.2. The van der Waals surface area contributed by atoms with E-state index in [-0.39, 0.29) is 35.2 Å². The molecule has 1 amide bonds. The van der Waals surface area contributed by atoms with Gasteiger partial charge in [0, 0.05) is 6.04 Å². The fraction of sp³-hybridized carbons (Fsp3) is 0.435. The molecule has 0 bridgehead atoms. The Morgan fingerprint density at radius 1 is 0.967 bits per heavy atom. The first-order valence-corrected chi connectivity index (χ1v) is 11.5. The Bertz CT molecular complexity index is 928. The van der Waals surface area contributed by atoms with Crippen molar-refractivity contribution in [3.63, 3.8) is 0 Å². The van der Waals surface area contributed by atoms with Crippen LogP contribution in [-0.4, -0.2) is 34.0 Å². The second-order valence-corrected chi connectivity index (χ2v) is 9.97. The maximum Gasteiger partial charge on any atom is 0.264 e. The minimum atomic E-state index is -3.95. The average Bonchev–Trinajstić information content (AvgIpc) is 2.70. The van der Waals surface area contributed by atoms with E-state index in [4.69, 9.17) is 4.74 Å². The van der Waals surface area contributed by atoms with E-state index in [9.17, 15) is 13.2 Å². The number of benzene rings is 2. The second kappa shape index (κ2) is 9.98. The van der Waals surface area contributed by atoms with Crippen molar-refractivity contribution >= 4 is 21.6 Å². The van der Waals surface area contributed by atoms with Gasteiger partial charge in [0.25, 0.3) is 10.0 Å². The summed E-state index contributed by atoms with van der Waals surface area (Å²) < 4.78 is 33.1. The molecule has 0 atom stereocenters. The molecule has 7 heteroatoms. The van der Waals surface area contributed by atoms with E-state index < -0.39 is 10.0 Å². The van der Waals surface area contributed by atoms with E-state index in [0.29, 0.717) is 11.4 Å². The van der Waals surface area contributed by atoms with Crippen LogP contribution < -0.4 is 14.4 Å². The number of hydrogen-bond donors (Lipinski definition) is 1. The first-order valence-electron chi connectivity index (χ1n) is 10.1. The van der Waals surface area contributed by atoms with E-state index in [1.54, 1.807) is 24.3 Å². The Morgan fingerprint density at radius 3 is 1.97 bits per heavy atom. The molecular formula is C23H32N2O4S. The van der Waals surface area contributed by atoms with Crippen LogP contribution in [0.1, 0.15) is 33.3 Å². The first-order chi connectivity index (χ1) is 14.1. The van der Waals surface area contributed by atoms with Gasteiger partial charge < -0.3 is 10.1 Å². The standard InChI is InChI=1S/C23H32N2O4S/c1-16(2)23(17(3)4)24-22(26)15-25(19-9-7-18(5)8-10-19)30(27,28)21-13-11-20(29-6)12-14-21/h7-14,16-17,23H,15H2,1-6H3,(H,24,26). The molecule has 0 unspecified atom stereocenters. The first kappa shape index (κ1) is 23.7. The van der Waals surface area contributed by atoms with E-state index in [2.05, 4.69) is 5.32 Å². The number of nitrogens with zero attached hydrogens (tertiary/aromatic N) is 1. The highest BCUT2D eigenvalue weighted by Crippen LogP contribution is 2.25. The number of ether oxygens (including phenoxy) is 1. The van der Waals surface area contributed by atoms with Gasteiger partial charge in [0.05, 0.1) is 17.7 Å². The van der Waals surface area contributed by atoms with Gasteiger partial charge in [-0.3, -0.25) is 9.10 Å². The highest BCUT2D eigenvalue weighted by molar-refractivity contribution is 7.92. The van der Waals surface area contributed by atoms with Gasteiger partial charge in [-0.1, -0.05) is 45.4 Å². The Hall–Kier alpha value is -2.54. The molecule has 0 fully saturated rings. The number of carbonyl (C=O) groups excluding carboxylic acids is 1. The number of anilines is 1. The number of sulfonamides is 1. The molecule has 2 aromatic rings. The zero-order chi connectivity index (χ0) is 22.5. The van der Waals surface area contributed by atoms with Gasteiger partial charge in [0.1, 0.15) is 12.3 Å². The molecule has 1 N–H and O–H groups in total. The van der Waals surface area contributed by atoms with Gasteiger partial charge in [-0.2, -0.15) is 0 Å². The zero-order valence-electron chi connectivity index (χ0n) is 18.5. The van der Waals surface area contributed by atoms with Crippen molar-refractivity contribution in [1.82, 2.24) is 5.32 Å². The third kappa shape index (κ3) is 5.75. The molecule has 2 rings (SSSR count). The number of hydrogen-bond acceptors (Lipinski definition) is 4. The smallest absolute Gasteiger partial charge is 0.264 e. The van der Waals surface area contributed by atoms with Crippen LogP contribution in [0.3, 0.4) is 0 Å². The predicted molar refractivity (Wildman–Crippen MR) is 120 cm³/mol. The van der Waals surface area contributed by atoms with Crippen LogP contribution in [0.2, 0.25) is 0 Å². The highest BCUT2D eigenvalue weighted by atomic mass is 32.2. The Morgan fingerprint density at radius 2 is 1.50 bits per heavy atom. The van der Waals surface area contributed by atoms with Crippen LogP contribution in [0.5, 0.6) is 5.75 Å². The third-order valence-electron chi connectivity index (χ3n) is 5.02. The third-order valence-corrected chi connectivity index (χ3v) is 6.81. The fourth-order valence-electron chi connectivity index (χ4n) is 3.37. The molecule has 0 aliphatic rings. The summed E-state index contributed by atoms with van der Waals surface area (Å²) in [6.07, 6.45) is 0. The molecule has 164 valence electrons. The summed E-state index contributed by atoms with van der Waals surface area (Å²) in [6.45, 7) is 9.78. The van der Waals surface area contributed by atoms with Crippen molar-refractivity contribution in [2.45, 2.75) is 45.6 Å². The van der Waals surface area contributed by atoms with Crippen molar-refractivity contribution in [3.05, 3.63) is 54.1 Å². The molecular weight excluding hydrogens is 400 g/mol. The van der Waals surface area contributed by atoms with Crippen LogP contribution >= 0.6 is 0 Å². The quantitative estimate of drug-likeness (QED) is 0.650. The monoisotopic (exact) mass is 432 g/mol. The predicted octanol–water partition coefficient (Wildman–Crippen LogP) is 4.00. The zero-order valence-corrected chi connectivity index (χ0v) is 19.4.